The Morgan fingerprint density at radius 1 is 1.13 bits per heavy atom. The Bertz CT molecular complexity index is 877. The molecule has 3 amide bonds. The van der Waals surface area contributed by atoms with Crippen LogP contribution in [0.4, 0.5) is 10.6 Å². The minimum atomic E-state index is -0.477. The lowest BCUT2D eigenvalue weighted by Crippen LogP contribution is -2.56. The summed E-state index contributed by atoms with van der Waals surface area (Å²) in [6.07, 6.45) is 12.1. The molecular weight excluding hydrogens is 380 g/mol. The number of carbonyl (C=O) groups is 2. The molecule has 2 atom stereocenters. The molecule has 4 heterocycles. The zero-order valence-electron chi connectivity index (χ0n) is 17.0. The maximum atomic E-state index is 13.2. The highest BCUT2D eigenvalue weighted by atomic mass is 16.2. The highest BCUT2D eigenvalue weighted by Crippen LogP contribution is 2.33. The van der Waals surface area contributed by atoms with Gasteiger partial charge >= 0.3 is 6.03 Å². The lowest BCUT2D eigenvalue weighted by molar-refractivity contribution is -0.123. The lowest BCUT2D eigenvalue weighted by Gasteiger charge is -2.41. The van der Waals surface area contributed by atoms with E-state index in [0.717, 1.165) is 38.0 Å². The first-order valence-corrected chi connectivity index (χ1v) is 10.9. The van der Waals surface area contributed by atoms with Gasteiger partial charge < -0.3 is 15.5 Å². The standard InChI is InChI=1S/C22H28N6O2/c29-21(24-15-6-2-1-3-7-15)17-9-10-18-20(25-17)28(16-11-13-27(18)14-16)22(30)26-19-8-4-5-12-23-19/h4-5,8-10,12,15-17,25H,1-3,6-7,11,13-14H2,(H,24,29)(H,23,26,30)/t16-,17?/m0/s1. The number of urea groups is 1. The van der Waals surface area contributed by atoms with Crippen LogP contribution in [0, 0.1) is 0 Å². The van der Waals surface area contributed by atoms with E-state index in [0.29, 0.717) is 11.6 Å². The van der Waals surface area contributed by atoms with Crippen LogP contribution in [-0.4, -0.2) is 57.9 Å². The fourth-order valence-electron chi connectivity index (χ4n) is 4.90. The van der Waals surface area contributed by atoms with Crippen LogP contribution in [0.25, 0.3) is 0 Å². The van der Waals surface area contributed by atoms with E-state index in [1.807, 2.05) is 24.3 Å². The molecule has 3 aliphatic heterocycles. The third-order valence-electron chi connectivity index (χ3n) is 6.44. The molecule has 1 aromatic heterocycles. The normalized spacial score (nSPS) is 25.6. The smallest absolute Gasteiger partial charge is 0.328 e. The summed E-state index contributed by atoms with van der Waals surface area (Å²) in [7, 11) is 0. The van der Waals surface area contributed by atoms with Crippen LogP contribution in [0.1, 0.15) is 38.5 Å². The molecule has 2 fully saturated rings. The highest BCUT2D eigenvalue weighted by molar-refractivity contribution is 5.91. The minimum Gasteiger partial charge on any atom is -0.366 e. The van der Waals surface area contributed by atoms with Gasteiger partial charge in [0.05, 0.1) is 11.7 Å². The van der Waals surface area contributed by atoms with Crippen molar-refractivity contribution in [2.24, 2.45) is 0 Å². The van der Waals surface area contributed by atoms with E-state index in [2.05, 4.69) is 25.8 Å². The van der Waals surface area contributed by atoms with Crippen LogP contribution >= 0.6 is 0 Å². The van der Waals surface area contributed by atoms with Gasteiger partial charge in [-0.15, -0.1) is 0 Å². The fourth-order valence-corrected chi connectivity index (χ4v) is 4.90. The second-order valence-corrected chi connectivity index (χ2v) is 8.46. The molecule has 1 aliphatic carbocycles. The van der Waals surface area contributed by atoms with Gasteiger partial charge in [-0.25, -0.2) is 9.78 Å². The van der Waals surface area contributed by atoms with Crippen LogP contribution in [0.3, 0.4) is 0 Å². The number of nitrogens with zero attached hydrogens (tertiary/aromatic N) is 3. The molecule has 1 unspecified atom stereocenters. The van der Waals surface area contributed by atoms with Crippen LogP contribution in [-0.2, 0) is 4.79 Å². The van der Waals surface area contributed by atoms with Gasteiger partial charge in [0.25, 0.3) is 0 Å². The summed E-state index contributed by atoms with van der Waals surface area (Å²) in [5.41, 5.74) is 0.974. The zero-order valence-corrected chi connectivity index (χ0v) is 17.0. The van der Waals surface area contributed by atoms with Crippen molar-refractivity contribution >= 4 is 17.8 Å². The first-order valence-electron chi connectivity index (χ1n) is 10.9. The minimum absolute atomic E-state index is 0.0253. The number of aromatic nitrogens is 1. The van der Waals surface area contributed by atoms with Crippen LogP contribution in [0.2, 0.25) is 0 Å². The van der Waals surface area contributed by atoms with Crippen molar-refractivity contribution in [3.8, 4) is 0 Å². The number of pyridine rings is 1. The largest absolute Gasteiger partial charge is 0.366 e. The van der Waals surface area contributed by atoms with Crippen molar-refractivity contribution in [2.75, 3.05) is 18.4 Å². The molecule has 5 rings (SSSR count). The van der Waals surface area contributed by atoms with Gasteiger partial charge in [-0.3, -0.25) is 15.0 Å². The molecule has 0 aromatic carbocycles. The molecule has 1 saturated carbocycles. The molecule has 8 nitrogen and oxygen atoms in total. The van der Waals surface area contributed by atoms with Crippen LogP contribution in [0.5, 0.6) is 0 Å². The number of anilines is 1. The van der Waals surface area contributed by atoms with Crippen molar-refractivity contribution in [1.29, 1.82) is 0 Å². The van der Waals surface area contributed by atoms with Crippen LogP contribution < -0.4 is 16.0 Å². The molecule has 8 heteroatoms. The SMILES string of the molecule is O=C(NC1CCCCC1)C1C=CC2=C(N1)N(C(=O)Nc1ccccn1)[C@H]1CCN2C1. The quantitative estimate of drug-likeness (QED) is 0.713. The summed E-state index contributed by atoms with van der Waals surface area (Å²) in [6, 6.07) is 5.06. The second kappa shape index (κ2) is 8.01. The Kier molecular flexibility index (Phi) is 5.06. The maximum absolute atomic E-state index is 13.2. The maximum Gasteiger partial charge on any atom is 0.328 e. The van der Waals surface area contributed by atoms with Gasteiger partial charge in [0.2, 0.25) is 5.91 Å². The van der Waals surface area contributed by atoms with Crippen molar-refractivity contribution in [3.63, 3.8) is 0 Å². The number of carbonyl (C=O) groups excluding carboxylic acids is 2. The first-order chi connectivity index (χ1) is 14.7. The van der Waals surface area contributed by atoms with E-state index in [1.165, 1.54) is 19.3 Å². The topological polar surface area (TPSA) is 89.6 Å². The number of hydrogen-bond acceptors (Lipinski definition) is 5. The van der Waals surface area contributed by atoms with E-state index in [4.69, 9.17) is 0 Å². The molecular formula is C22H28N6O2. The molecule has 4 aliphatic rings. The summed E-state index contributed by atoms with van der Waals surface area (Å²) in [5.74, 6) is 1.20. The first kappa shape index (κ1) is 19.0. The van der Waals surface area contributed by atoms with Crippen molar-refractivity contribution in [1.82, 2.24) is 25.4 Å². The van der Waals surface area contributed by atoms with Crippen molar-refractivity contribution < 1.29 is 9.59 Å². The number of hydrogen-bond donors (Lipinski definition) is 3. The van der Waals surface area contributed by atoms with Gasteiger partial charge in [-0.2, -0.15) is 0 Å². The van der Waals surface area contributed by atoms with Gasteiger partial charge in [0.1, 0.15) is 17.7 Å². The summed E-state index contributed by atoms with van der Waals surface area (Å²) in [5, 5.41) is 9.43. The van der Waals surface area contributed by atoms with Gasteiger partial charge in [0.15, 0.2) is 0 Å². The van der Waals surface area contributed by atoms with E-state index >= 15 is 0 Å². The van der Waals surface area contributed by atoms with E-state index in [9.17, 15) is 9.59 Å². The number of allylic oxidation sites excluding steroid dienone is 1. The monoisotopic (exact) mass is 408 g/mol. The highest BCUT2D eigenvalue weighted by Gasteiger charge is 2.42. The Balaban J connectivity index is 1.33. The molecule has 1 aromatic rings. The predicted octanol–water partition coefficient (Wildman–Crippen LogP) is 2.15. The lowest BCUT2D eigenvalue weighted by atomic mass is 9.95. The molecule has 3 N–H and O–H groups in total. The average molecular weight is 409 g/mol. The predicted molar refractivity (Wildman–Crippen MR) is 113 cm³/mol. The molecule has 0 spiro atoms. The van der Waals surface area contributed by atoms with Gasteiger partial charge in [-0.1, -0.05) is 31.4 Å². The molecule has 0 radical (unpaired) electrons. The molecule has 158 valence electrons. The number of amides is 3. The molecule has 1 saturated heterocycles. The van der Waals surface area contributed by atoms with E-state index in [1.54, 1.807) is 17.2 Å². The third kappa shape index (κ3) is 3.62. The van der Waals surface area contributed by atoms with Crippen molar-refractivity contribution in [2.45, 2.75) is 56.7 Å². The van der Waals surface area contributed by atoms with E-state index in [-0.39, 0.29) is 24.0 Å². The zero-order chi connectivity index (χ0) is 20.5. The Labute approximate surface area is 176 Å². The number of rotatable bonds is 3. The Morgan fingerprint density at radius 2 is 2.00 bits per heavy atom. The Hall–Kier alpha value is -3.03. The number of fused-ring (bicyclic) bond motifs is 3. The number of dihydropyridines is 1. The summed E-state index contributed by atoms with van der Waals surface area (Å²) in [6.45, 7) is 1.71. The molecule has 2 bridgehead atoms. The van der Waals surface area contributed by atoms with E-state index < -0.39 is 6.04 Å². The van der Waals surface area contributed by atoms with Crippen molar-refractivity contribution in [3.05, 3.63) is 48.1 Å². The Morgan fingerprint density at radius 3 is 2.80 bits per heavy atom. The van der Waals surface area contributed by atoms with Crippen LogP contribution in [0.15, 0.2) is 48.1 Å². The second-order valence-electron chi connectivity index (χ2n) is 8.46. The summed E-state index contributed by atoms with van der Waals surface area (Å²) < 4.78 is 0. The molecule has 30 heavy (non-hydrogen) atoms. The number of nitrogens with one attached hydrogen (secondary N) is 3. The van der Waals surface area contributed by atoms with Gasteiger partial charge in [-0.05, 0) is 37.5 Å². The van der Waals surface area contributed by atoms with Gasteiger partial charge in [0, 0.05) is 25.3 Å². The average Bonchev–Trinajstić information content (AvgIpc) is 3.19. The summed E-state index contributed by atoms with van der Waals surface area (Å²) in [4.78, 5) is 34.3. The third-order valence-corrected chi connectivity index (χ3v) is 6.44. The summed E-state index contributed by atoms with van der Waals surface area (Å²) >= 11 is 0. The fraction of sp³-hybridized carbons (Fsp3) is 0.500.